The lowest BCUT2D eigenvalue weighted by Crippen LogP contribution is -2.47. The lowest BCUT2D eigenvalue weighted by Gasteiger charge is -2.41. The summed E-state index contributed by atoms with van der Waals surface area (Å²) < 4.78 is 27.1. The number of hydrogen-bond acceptors (Lipinski definition) is 7. The molecule has 1 saturated heterocycles. The quantitative estimate of drug-likeness (QED) is 0.373. The summed E-state index contributed by atoms with van der Waals surface area (Å²) in [6, 6.07) is 15.1. The zero-order chi connectivity index (χ0) is 28.1. The molecule has 2 amide bonds. The van der Waals surface area contributed by atoms with Crippen LogP contribution >= 0.6 is 11.6 Å². The van der Waals surface area contributed by atoms with Gasteiger partial charge in [0.25, 0.3) is 0 Å². The van der Waals surface area contributed by atoms with Gasteiger partial charge in [0.2, 0.25) is 17.6 Å². The van der Waals surface area contributed by atoms with Crippen molar-refractivity contribution in [2.45, 2.75) is 18.9 Å². The molecular weight excluding hydrogens is 524 g/mol. The van der Waals surface area contributed by atoms with Gasteiger partial charge >= 0.3 is 0 Å². The minimum Gasteiger partial charge on any atom is -0.497 e. The van der Waals surface area contributed by atoms with Crippen molar-refractivity contribution in [2.24, 2.45) is 5.92 Å². The maximum atomic E-state index is 13.8. The first-order chi connectivity index (χ1) is 18.8. The van der Waals surface area contributed by atoms with Crippen molar-refractivity contribution in [3.8, 4) is 28.7 Å². The van der Waals surface area contributed by atoms with E-state index in [-0.39, 0.29) is 18.2 Å². The topological polar surface area (TPSA) is 95.6 Å². The van der Waals surface area contributed by atoms with Gasteiger partial charge < -0.3 is 33.9 Å². The smallest absolute Gasteiger partial charge is 0.229 e. The fourth-order valence-electron chi connectivity index (χ4n) is 4.84. The second-order valence-electron chi connectivity index (χ2n) is 8.85. The van der Waals surface area contributed by atoms with Crippen molar-refractivity contribution < 1.29 is 33.3 Å². The first-order valence-electron chi connectivity index (χ1n) is 12.3. The van der Waals surface area contributed by atoms with Gasteiger partial charge in [0.1, 0.15) is 11.5 Å². The Morgan fingerprint density at radius 2 is 1.49 bits per heavy atom. The third-order valence-electron chi connectivity index (χ3n) is 6.74. The van der Waals surface area contributed by atoms with E-state index in [1.807, 2.05) is 12.1 Å². The molecule has 3 aromatic rings. The first-order valence-corrected chi connectivity index (χ1v) is 12.6. The molecule has 0 aliphatic carbocycles. The molecule has 206 valence electrons. The fraction of sp³-hybridized carbons (Fsp3) is 0.310. The Kier molecular flexibility index (Phi) is 8.71. The van der Waals surface area contributed by atoms with Gasteiger partial charge in [-0.1, -0.05) is 23.7 Å². The summed E-state index contributed by atoms with van der Waals surface area (Å²) in [6.07, 6.45) is 0.525. The molecule has 0 spiro atoms. The number of ether oxygens (including phenoxy) is 5. The standard InChI is InChI=1S/C29H31ClN2O7/c1-35-20-9-6-17(7-10-20)27-21(29(34)31-18-8-12-23(36-2)22(30)14-18)11-13-26(33)32(27)19-15-24(37-3)28(39-5)25(16-19)38-4/h6-10,12,14-16,21,27H,11,13H2,1-5H3,(H,31,34)/t21-,27+/m0/s1. The molecule has 0 aromatic heterocycles. The van der Waals surface area contributed by atoms with Crippen molar-refractivity contribution in [1.29, 1.82) is 0 Å². The Balaban J connectivity index is 1.79. The molecular formula is C29H31ClN2O7. The van der Waals surface area contributed by atoms with E-state index < -0.39 is 12.0 Å². The van der Waals surface area contributed by atoms with Gasteiger partial charge in [-0.3, -0.25) is 9.59 Å². The maximum Gasteiger partial charge on any atom is 0.229 e. The van der Waals surface area contributed by atoms with E-state index in [0.717, 1.165) is 5.56 Å². The Bertz CT molecular complexity index is 1320. The highest BCUT2D eigenvalue weighted by atomic mass is 35.5. The molecule has 1 N–H and O–H groups in total. The van der Waals surface area contributed by atoms with Gasteiger partial charge in [0.05, 0.1) is 58.2 Å². The summed E-state index contributed by atoms with van der Waals surface area (Å²) in [4.78, 5) is 28.9. The molecule has 0 bridgehead atoms. The molecule has 1 heterocycles. The van der Waals surface area contributed by atoms with Crippen LogP contribution in [0.4, 0.5) is 11.4 Å². The molecule has 1 fully saturated rings. The number of piperidine rings is 1. The Morgan fingerprint density at radius 3 is 2.03 bits per heavy atom. The van der Waals surface area contributed by atoms with Crippen molar-refractivity contribution in [1.82, 2.24) is 0 Å². The number of nitrogens with one attached hydrogen (secondary N) is 1. The van der Waals surface area contributed by atoms with E-state index >= 15 is 0 Å². The van der Waals surface area contributed by atoms with Crippen LogP contribution < -0.4 is 33.9 Å². The van der Waals surface area contributed by atoms with Gasteiger partial charge in [-0.25, -0.2) is 0 Å². The zero-order valence-corrected chi connectivity index (χ0v) is 23.2. The molecule has 39 heavy (non-hydrogen) atoms. The zero-order valence-electron chi connectivity index (χ0n) is 22.4. The molecule has 0 radical (unpaired) electrons. The average Bonchev–Trinajstić information content (AvgIpc) is 2.96. The Labute approximate surface area is 232 Å². The third-order valence-corrected chi connectivity index (χ3v) is 7.03. The Morgan fingerprint density at radius 1 is 0.846 bits per heavy atom. The van der Waals surface area contributed by atoms with E-state index in [2.05, 4.69) is 5.32 Å². The van der Waals surface area contributed by atoms with Crippen molar-refractivity contribution >= 4 is 34.8 Å². The molecule has 0 saturated carbocycles. The molecule has 3 aromatic carbocycles. The number of anilines is 2. The lowest BCUT2D eigenvalue weighted by atomic mass is 9.83. The SMILES string of the molecule is COc1ccc([C@@H]2[C@@H](C(=O)Nc3ccc(OC)c(Cl)c3)CCC(=O)N2c2cc(OC)c(OC)c(OC)c2)cc1. The average molecular weight is 555 g/mol. The third kappa shape index (κ3) is 5.68. The summed E-state index contributed by atoms with van der Waals surface area (Å²) in [5.74, 6) is 1.39. The minimum atomic E-state index is -0.631. The van der Waals surface area contributed by atoms with E-state index in [1.165, 1.54) is 28.4 Å². The van der Waals surface area contributed by atoms with Crippen molar-refractivity contribution in [3.05, 3.63) is 65.2 Å². The van der Waals surface area contributed by atoms with Gasteiger partial charge in [0, 0.05) is 24.2 Å². The van der Waals surface area contributed by atoms with Gasteiger partial charge in [-0.2, -0.15) is 0 Å². The molecule has 2 atom stereocenters. The summed E-state index contributed by atoms with van der Waals surface area (Å²) >= 11 is 6.28. The molecule has 9 nitrogen and oxygen atoms in total. The largest absolute Gasteiger partial charge is 0.497 e. The number of nitrogens with zero attached hydrogens (tertiary/aromatic N) is 1. The maximum absolute atomic E-state index is 13.8. The summed E-state index contributed by atoms with van der Waals surface area (Å²) in [5, 5.41) is 3.34. The van der Waals surface area contributed by atoms with Crippen LogP contribution in [0.15, 0.2) is 54.6 Å². The number of methoxy groups -OCH3 is 5. The number of hydrogen-bond donors (Lipinski definition) is 1. The van der Waals surface area contributed by atoms with Crippen LogP contribution in [-0.4, -0.2) is 47.4 Å². The number of carbonyl (C=O) groups excluding carboxylic acids is 2. The summed E-state index contributed by atoms with van der Waals surface area (Å²) in [7, 11) is 7.64. The molecule has 1 aliphatic rings. The molecule has 1 aliphatic heterocycles. The van der Waals surface area contributed by atoms with Crippen LogP contribution in [-0.2, 0) is 9.59 Å². The second kappa shape index (κ2) is 12.2. The molecule has 0 unspecified atom stereocenters. The van der Waals surface area contributed by atoms with Crippen molar-refractivity contribution in [3.63, 3.8) is 0 Å². The highest BCUT2D eigenvalue weighted by Crippen LogP contribution is 2.46. The number of benzene rings is 3. The summed E-state index contributed by atoms with van der Waals surface area (Å²) in [5.41, 5.74) is 1.81. The molecule has 10 heteroatoms. The summed E-state index contributed by atoms with van der Waals surface area (Å²) in [6.45, 7) is 0. The van der Waals surface area contributed by atoms with Crippen LogP contribution in [0.3, 0.4) is 0 Å². The van der Waals surface area contributed by atoms with E-state index in [9.17, 15) is 9.59 Å². The highest BCUT2D eigenvalue weighted by molar-refractivity contribution is 6.32. The van der Waals surface area contributed by atoms with E-state index in [1.54, 1.807) is 54.5 Å². The predicted molar refractivity (Wildman–Crippen MR) is 149 cm³/mol. The number of rotatable bonds is 9. The second-order valence-corrected chi connectivity index (χ2v) is 9.26. The Hall–Kier alpha value is -4.11. The normalized spacial score (nSPS) is 16.9. The van der Waals surface area contributed by atoms with Gasteiger partial charge in [-0.05, 0) is 42.3 Å². The number of carbonyl (C=O) groups is 2. The van der Waals surface area contributed by atoms with Gasteiger partial charge in [-0.15, -0.1) is 0 Å². The van der Waals surface area contributed by atoms with Crippen LogP contribution in [0.5, 0.6) is 28.7 Å². The number of amides is 2. The van der Waals surface area contributed by atoms with Crippen LogP contribution in [0, 0.1) is 5.92 Å². The fourth-order valence-corrected chi connectivity index (χ4v) is 5.10. The van der Waals surface area contributed by atoms with Crippen molar-refractivity contribution in [2.75, 3.05) is 45.8 Å². The molecule has 4 rings (SSSR count). The lowest BCUT2D eigenvalue weighted by molar-refractivity contribution is -0.125. The van der Waals surface area contributed by atoms with E-state index in [0.29, 0.717) is 51.6 Å². The predicted octanol–water partition coefficient (Wildman–Crippen LogP) is 5.51. The van der Waals surface area contributed by atoms with Crippen LogP contribution in [0.25, 0.3) is 0 Å². The monoisotopic (exact) mass is 554 g/mol. The van der Waals surface area contributed by atoms with Crippen LogP contribution in [0.1, 0.15) is 24.4 Å². The van der Waals surface area contributed by atoms with E-state index in [4.69, 9.17) is 35.3 Å². The first kappa shape index (κ1) is 27.9. The highest BCUT2D eigenvalue weighted by Gasteiger charge is 2.42. The van der Waals surface area contributed by atoms with Crippen LogP contribution in [0.2, 0.25) is 5.02 Å². The number of halogens is 1. The van der Waals surface area contributed by atoms with Gasteiger partial charge in [0.15, 0.2) is 11.5 Å². The minimum absolute atomic E-state index is 0.137.